The summed E-state index contributed by atoms with van der Waals surface area (Å²) in [5.74, 6) is 0. The summed E-state index contributed by atoms with van der Waals surface area (Å²) < 4.78 is 7.45. The van der Waals surface area contributed by atoms with Crippen molar-refractivity contribution in [2.45, 2.75) is 83.6 Å². The van der Waals surface area contributed by atoms with Crippen molar-refractivity contribution < 1.29 is 0 Å². The van der Waals surface area contributed by atoms with Gasteiger partial charge in [0, 0.05) is 0 Å². The molecule has 1 aromatic heterocycles. The molecule has 0 aliphatic rings. The molecule has 0 fully saturated rings. The first kappa shape index (κ1) is 19.7. The van der Waals surface area contributed by atoms with Crippen LogP contribution in [-0.4, -0.2) is 33.4 Å². The van der Waals surface area contributed by atoms with Gasteiger partial charge in [0.1, 0.15) is 0 Å². The molecule has 0 radical (unpaired) electrons. The molecule has 4 heteroatoms. The molecule has 0 amide bonds. The first-order valence-corrected chi connectivity index (χ1v) is 17.7. The number of hydrogen-bond donors (Lipinski definition) is 0. The summed E-state index contributed by atoms with van der Waals surface area (Å²) in [5.41, 5.74) is 2.28. The maximum absolute atomic E-state index is 4.60. The van der Waals surface area contributed by atoms with E-state index in [2.05, 4.69) is 67.0 Å². The summed E-state index contributed by atoms with van der Waals surface area (Å²) in [7, 11) is 0. The van der Waals surface area contributed by atoms with Gasteiger partial charge in [-0.1, -0.05) is 0 Å². The molecule has 0 spiro atoms. The van der Waals surface area contributed by atoms with Crippen molar-refractivity contribution in [1.29, 1.82) is 0 Å². The zero-order chi connectivity index (χ0) is 17.4. The number of para-hydroxylation sites is 1. The molecule has 24 heavy (non-hydrogen) atoms. The number of fused-ring (bicyclic) bond motifs is 1. The fourth-order valence-electron chi connectivity index (χ4n) is 4.02. The minimum absolute atomic E-state index is 0.608. The van der Waals surface area contributed by atoms with Gasteiger partial charge in [-0.05, 0) is 0 Å². The van der Waals surface area contributed by atoms with Crippen LogP contribution in [0.15, 0.2) is 24.3 Å². The SMILES string of the molecule is CCC[CH2][Sn]([CH2]CCC)([CH2]CCC)[CH](C)n1nnc2ccccc21. The predicted molar refractivity (Wildman–Crippen MR) is 107 cm³/mol. The first-order valence-electron chi connectivity index (χ1n) is 9.98. The van der Waals surface area contributed by atoms with Gasteiger partial charge in [-0.25, -0.2) is 0 Å². The summed E-state index contributed by atoms with van der Waals surface area (Å²) in [4.78, 5) is 0. The van der Waals surface area contributed by atoms with Crippen LogP contribution in [0.5, 0.6) is 0 Å². The Morgan fingerprint density at radius 3 is 2.00 bits per heavy atom. The van der Waals surface area contributed by atoms with E-state index in [1.54, 1.807) is 0 Å². The molecule has 134 valence electrons. The number of rotatable bonds is 11. The number of unbranched alkanes of at least 4 members (excludes halogenated alkanes) is 3. The Bertz CT molecular complexity index is 586. The van der Waals surface area contributed by atoms with Gasteiger partial charge in [-0.3, -0.25) is 0 Å². The zero-order valence-electron chi connectivity index (χ0n) is 16.1. The first-order chi connectivity index (χ1) is 11.7. The van der Waals surface area contributed by atoms with E-state index < -0.39 is 18.4 Å². The Hall–Kier alpha value is -0.581. The van der Waals surface area contributed by atoms with Crippen LogP contribution in [0.4, 0.5) is 0 Å². The molecule has 0 saturated heterocycles. The third-order valence-corrected chi connectivity index (χ3v) is 23.0. The van der Waals surface area contributed by atoms with Crippen molar-refractivity contribution in [2.75, 3.05) is 0 Å². The number of hydrogen-bond acceptors (Lipinski definition) is 2. The van der Waals surface area contributed by atoms with Crippen LogP contribution < -0.4 is 0 Å². The van der Waals surface area contributed by atoms with Crippen molar-refractivity contribution in [3.05, 3.63) is 24.3 Å². The molecule has 0 bridgehead atoms. The van der Waals surface area contributed by atoms with E-state index in [1.807, 2.05) is 0 Å². The monoisotopic (exact) mass is 437 g/mol. The summed E-state index contributed by atoms with van der Waals surface area (Å²) in [5, 5.41) is 9.05. The number of nitrogens with zero attached hydrogens (tertiary/aromatic N) is 3. The average Bonchev–Trinajstić information content (AvgIpc) is 3.05. The average molecular weight is 436 g/mol. The van der Waals surface area contributed by atoms with Crippen molar-refractivity contribution >= 4 is 29.4 Å². The summed E-state index contributed by atoms with van der Waals surface area (Å²) in [6.07, 6.45) is 8.17. The van der Waals surface area contributed by atoms with Crippen molar-refractivity contribution in [2.24, 2.45) is 0 Å². The molecule has 0 saturated carbocycles. The fourth-order valence-corrected chi connectivity index (χ4v) is 20.8. The number of benzene rings is 1. The predicted octanol–water partition coefficient (Wildman–Crippen LogP) is 6.38. The van der Waals surface area contributed by atoms with Crippen LogP contribution in [0.1, 0.15) is 70.3 Å². The van der Waals surface area contributed by atoms with Crippen molar-refractivity contribution in [3.63, 3.8) is 0 Å². The molecule has 1 unspecified atom stereocenters. The zero-order valence-corrected chi connectivity index (χ0v) is 18.9. The van der Waals surface area contributed by atoms with E-state index in [0.717, 1.165) is 5.52 Å². The summed E-state index contributed by atoms with van der Waals surface area (Å²) >= 11 is -2.33. The van der Waals surface area contributed by atoms with Crippen LogP contribution in [0.3, 0.4) is 0 Å². The van der Waals surface area contributed by atoms with Gasteiger partial charge in [-0.2, -0.15) is 0 Å². The molecular formula is C20H35N3Sn. The topological polar surface area (TPSA) is 30.7 Å². The molecule has 1 aromatic carbocycles. The minimum atomic E-state index is -2.33. The third-order valence-electron chi connectivity index (χ3n) is 5.72. The van der Waals surface area contributed by atoms with Gasteiger partial charge in [0.2, 0.25) is 0 Å². The fraction of sp³-hybridized carbons (Fsp3) is 0.700. The van der Waals surface area contributed by atoms with Gasteiger partial charge in [-0.15, -0.1) is 0 Å². The summed E-state index contributed by atoms with van der Waals surface area (Å²) in [6.45, 7) is 9.49. The standard InChI is InChI=1S/C8H8N3.3C4H9.Sn/c1-2-11-8-6-4-3-5-7(8)9-10-11;3*1-3-4-2;/h2-6H,1H3;3*1,3-4H2,2H3;. The van der Waals surface area contributed by atoms with E-state index >= 15 is 0 Å². The Morgan fingerprint density at radius 2 is 1.46 bits per heavy atom. The normalized spacial score (nSPS) is 13.5. The van der Waals surface area contributed by atoms with Gasteiger partial charge in [0.25, 0.3) is 0 Å². The molecule has 1 heterocycles. The van der Waals surface area contributed by atoms with Crippen LogP contribution in [0, 0.1) is 0 Å². The van der Waals surface area contributed by atoms with Gasteiger partial charge >= 0.3 is 152 Å². The second-order valence-corrected chi connectivity index (χ2v) is 21.8. The molecule has 3 nitrogen and oxygen atoms in total. The van der Waals surface area contributed by atoms with E-state index in [1.165, 1.54) is 57.4 Å². The van der Waals surface area contributed by atoms with Crippen LogP contribution in [-0.2, 0) is 0 Å². The second-order valence-electron chi connectivity index (χ2n) is 7.37. The van der Waals surface area contributed by atoms with Crippen LogP contribution in [0.2, 0.25) is 13.3 Å². The molecule has 0 N–H and O–H groups in total. The Kier molecular flexibility index (Phi) is 8.05. The van der Waals surface area contributed by atoms with Crippen LogP contribution in [0.25, 0.3) is 11.0 Å². The molecule has 2 aromatic rings. The van der Waals surface area contributed by atoms with Crippen molar-refractivity contribution in [1.82, 2.24) is 15.0 Å². The molecule has 0 aliphatic heterocycles. The molecule has 0 aliphatic carbocycles. The van der Waals surface area contributed by atoms with Gasteiger partial charge < -0.3 is 0 Å². The van der Waals surface area contributed by atoms with E-state index in [9.17, 15) is 0 Å². The Morgan fingerprint density at radius 1 is 0.917 bits per heavy atom. The second kappa shape index (κ2) is 9.79. The van der Waals surface area contributed by atoms with E-state index in [4.69, 9.17) is 0 Å². The molecular weight excluding hydrogens is 401 g/mol. The van der Waals surface area contributed by atoms with Crippen molar-refractivity contribution in [3.8, 4) is 0 Å². The van der Waals surface area contributed by atoms with Gasteiger partial charge in [0.15, 0.2) is 0 Å². The Labute approximate surface area is 152 Å². The molecule has 1 atom stereocenters. The number of aromatic nitrogens is 3. The van der Waals surface area contributed by atoms with E-state index in [-0.39, 0.29) is 0 Å². The quantitative estimate of drug-likeness (QED) is 0.383. The van der Waals surface area contributed by atoms with Gasteiger partial charge in [0.05, 0.1) is 0 Å². The summed E-state index contributed by atoms with van der Waals surface area (Å²) in [6, 6.07) is 8.47. The van der Waals surface area contributed by atoms with Crippen LogP contribution >= 0.6 is 0 Å². The Balaban J connectivity index is 2.37. The molecule has 2 rings (SSSR count). The third kappa shape index (κ3) is 4.53. The van der Waals surface area contributed by atoms with E-state index in [0.29, 0.717) is 4.06 Å². The maximum atomic E-state index is 4.60.